The topological polar surface area (TPSA) is 59.0 Å². The first-order chi connectivity index (χ1) is 33.6. The molecule has 69 heavy (non-hydrogen) atoms. The summed E-state index contributed by atoms with van der Waals surface area (Å²) in [4.78, 5) is 4.92. The molecule has 0 N–H and O–H groups in total. The second-order valence-corrected chi connectivity index (χ2v) is 19.8. The summed E-state index contributed by atoms with van der Waals surface area (Å²) in [6.07, 6.45) is 0. The summed E-state index contributed by atoms with van der Waals surface area (Å²) in [5.74, 6) is 2.50. The molecule has 6 heterocycles. The first-order valence-electron chi connectivity index (χ1n) is 23.8. The van der Waals surface area contributed by atoms with Crippen molar-refractivity contribution < 1.29 is 17.7 Å². The number of furan rings is 4. The van der Waals surface area contributed by atoms with Crippen LogP contribution in [0.25, 0.3) is 77.8 Å². The maximum Gasteiger partial charge on any atom is 0.297 e. The molecular weight excluding hydrogens is 848 g/mol. The predicted octanol–water partition coefficient (Wildman–Crippen LogP) is 15.7. The minimum atomic E-state index is -0.224. The van der Waals surface area contributed by atoms with E-state index in [1.807, 2.05) is 36.4 Å². The minimum absolute atomic E-state index is 0.0785. The number of para-hydroxylation sites is 3. The lowest BCUT2D eigenvalue weighted by molar-refractivity contribution is 0.590. The Labute approximate surface area is 399 Å². The molecular formula is C62H45BN2O4. The lowest BCUT2D eigenvalue weighted by atomic mass is 9.35. The quantitative estimate of drug-likeness (QED) is 0.160. The van der Waals surface area contributed by atoms with Gasteiger partial charge in [0.05, 0.1) is 17.0 Å². The first kappa shape index (κ1) is 39.7. The van der Waals surface area contributed by atoms with Crippen LogP contribution in [0.4, 0.5) is 34.1 Å². The van der Waals surface area contributed by atoms with Crippen molar-refractivity contribution in [3.63, 3.8) is 0 Å². The monoisotopic (exact) mass is 892 g/mol. The van der Waals surface area contributed by atoms with Gasteiger partial charge in [-0.05, 0) is 138 Å². The molecule has 12 aromatic rings. The minimum Gasteiger partial charge on any atom is -0.468 e. The van der Waals surface area contributed by atoms with Gasteiger partial charge in [-0.25, -0.2) is 0 Å². The van der Waals surface area contributed by atoms with E-state index in [1.54, 1.807) is 0 Å². The number of fused-ring (bicyclic) bond motifs is 9. The van der Waals surface area contributed by atoms with Crippen LogP contribution in [0.2, 0.25) is 0 Å². The van der Waals surface area contributed by atoms with Crippen LogP contribution in [-0.2, 0) is 5.41 Å². The summed E-state index contributed by atoms with van der Waals surface area (Å²) in [7, 11) is 0. The van der Waals surface area contributed by atoms with E-state index < -0.39 is 0 Å². The molecule has 0 amide bonds. The maximum absolute atomic E-state index is 7.32. The van der Waals surface area contributed by atoms with E-state index in [0.29, 0.717) is 0 Å². The molecule has 0 bridgehead atoms. The molecule has 2 aliphatic heterocycles. The van der Waals surface area contributed by atoms with Gasteiger partial charge in [0, 0.05) is 61.0 Å². The van der Waals surface area contributed by atoms with Crippen molar-refractivity contribution in [2.45, 2.75) is 40.0 Å². The summed E-state index contributed by atoms with van der Waals surface area (Å²) < 4.78 is 26.8. The van der Waals surface area contributed by atoms with Crippen LogP contribution in [0.1, 0.15) is 37.5 Å². The van der Waals surface area contributed by atoms with Crippen molar-refractivity contribution in [3.8, 4) is 34.0 Å². The van der Waals surface area contributed by atoms with E-state index >= 15 is 0 Å². The highest BCUT2D eigenvalue weighted by molar-refractivity contribution is 7.00. The van der Waals surface area contributed by atoms with E-state index in [1.165, 1.54) is 11.0 Å². The maximum atomic E-state index is 7.32. The van der Waals surface area contributed by atoms with Crippen LogP contribution >= 0.6 is 0 Å². The second kappa shape index (κ2) is 14.5. The highest BCUT2D eigenvalue weighted by Crippen LogP contribution is 2.50. The summed E-state index contributed by atoms with van der Waals surface area (Å²) in [5, 5.41) is 4.33. The van der Waals surface area contributed by atoms with Crippen molar-refractivity contribution in [1.82, 2.24) is 0 Å². The third kappa shape index (κ3) is 6.06. The van der Waals surface area contributed by atoms with Crippen LogP contribution in [0, 0.1) is 13.8 Å². The number of anilines is 6. The lowest BCUT2D eigenvalue weighted by Gasteiger charge is -2.43. The third-order valence-electron chi connectivity index (χ3n) is 14.4. The summed E-state index contributed by atoms with van der Waals surface area (Å²) in [5.41, 5.74) is 19.7. The van der Waals surface area contributed by atoms with E-state index in [4.69, 9.17) is 17.7 Å². The lowest BCUT2D eigenvalue weighted by Crippen LogP contribution is -2.61. The highest BCUT2D eigenvalue weighted by Gasteiger charge is 2.47. The van der Waals surface area contributed by atoms with Crippen molar-refractivity contribution in [3.05, 3.63) is 199 Å². The summed E-state index contributed by atoms with van der Waals surface area (Å²) in [6, 6.07) is 64.6. The van der Waals surface area contributed by atoms with E-state index in [0.717, 1.165) is 134 Å². The first-order valence-corrected chi connectivity index (χ1v) is 23.8. The average Bonchev–Trinajstić information content (AvgIpc) is 4.18. The van der Waals surface area contributed by atoms with Gasteiger partial charge in [0.25, 0.3) is 6.71 Å². The van der Waals surface area contributed by atoms with Crippen LogP contribution in [-0.4, -0.2) is 6.71 Å². The largest absolute Gasteiger partial charge is 0.468 e. The molecule has 0 atom stereocenters. The van der Waals surface area contributed by atoms with E-state index in [9.17, 15) is 0 Å². The van der Waals surface area contributed by atoms with Crippen LogP contribution < -0.4 is 26.4 Å². The zero-order valence-electron chi connectivity index (χ0n) is 38.9. The Morgan fingerprint density at radius 1 is 0.420 bits per heavy atom. The average molecular weight is 893 g/mol. The van der Waals surface area contributed by atoms with Gasteiger partial charge in [-0.3, -0.25) is 0 Å². The van der Waals surface area contributed by atoms with Gasteiger partial charge in [-0.2, -0.15) is 0 Å². The van der Waals surface area contributed by atoms with Gasteiger partial charge in [0.2, 0.25) is 0 Å². The van der Waals surface area contributed by atoms with Crippen LogP contribution in [0.15, 0.2) is 200 Å². The molecule has 6 nitrogen and oxygen atoms in total. The van der Waals surface area contributed by atoms with E-state index in [2.05, 4.69) is 190 Å². The molecule has 0 aliphatic carbocycles. The Kier molecular flexibility index (Phi) is 8.37. The normalized spacial score (nSPS) is 13.2. The van der Waals surface area contributed by atoms with Gasteiger partial charge >= 0.3 is 0 Å². The molecule has 0 radical (unpaired) electrons. The fourth-order valence-corrected chi connectivity index (χ4v) is 11.2. The zero-order valence-corrected chi connectivity index (χ0v) is 38.9. The summed E-state index contributed by atoms with van der Waals surface area (Å²) >= 11 is 0. The van der Waals surface area contributed by atoms with Gasteiger partial charge in [-0.1, -0.05) is 112 Å². The molecule has 0 saturated carbocycles. The Balaban J connectivity index is 1.03. The number of benzene rings is 8. The van der Waals surface area contributed by atoms with Gasteiger partial charge in [0.15, 0.2) is 0 Å². The second-order valence-electron chi connectivity index (χ2n) is 19.8. The van der Waals surface area contributed by atoms with E-state index in [-0.39, 0.29) is 12.1 Å². The zero-order chi connectivity index (χ0) is 46.3. The Bertz CT molecular complexity index is 3960. The molecule has 4 aromatic heterocycles. The van der Waals surface area contributed by atoms with Crippen LogP contribution in [0.3, 0.4) is 0 Å². The number of rotatable bonds is 5. The molecule has 14 rings (SSSR count). The molecule has 0 saturated heterocycles. The Morgan fingerprint density at radius 2 is 0.986 bits per heavy atom. The smallest absolute Gasteiger partial charge is 0.297 e. The molecule has 0 unspecified atom stereocenters. The molecule has 0 fully saturated rings. The summed E-state index contributed by atoms with van der Waals surface area (Å²) in [6.45, 7) is 11.1. The fraction of sp³-hybridized carbons (Fsp3) is 0.0968. The number of hydrogen-bond acceptors (Lipinski definition) is 6. The van der Waals surface area contributed by atoms with Crippen molar-refractivity contribution in [2.24, 2.45) is 0 Å². The van der Waals surface area contributed by atoms with Gasteiger partial charge in [0.1, 0.15) is 39.6 Å². The Morgan fingerprint density at radius 3 is 1.59 bits per heavy atom. The molecule has 2 aliphatic rings. The SMILES string of the molecule is Cc1cc(-c2cc3ccccc3o2)cc(C)c1N1c2cccc3c2B(c2ccc(-c4cc5ccccc5o4)cc2N3c2cccc(-c3cc4ccccc4o3)c2)c2oc3ccc(C(C)(C)C)cc3c21. The number of nitrogens with zero attached hydrogens (tertiary/aromatic N) is 2. The van der Waals surface area contributed by atoms with Crippen molar-refractivity contribution >= 4 is 101 Å². The Hall–Kier alpha value is -8.42. The van der Waals surface area contributed by atoms with Crippen molar-refractivity contribution in [1.29, 1.82) is 0 Å². The molecule has 330 valence electrons. The predicted molar refractivity (Wildman–Crippen MR) is 284 cm³/mol. The van der Waals surface area contributed by atoms with Gasteiger partial charge in [-0.15, -0.1) is 0 Å². The number of aryl methyl sites for hydroxylation is 2. The van der Waals surface area contributed by atoms with Crippen LogP contribution in [0.5, 0.6) is 0 Å². The third-order valence-corrected chi connectivity index (χ3v) is 14.4. The fourth-order valence-electron chi connectivity index (χ4n) is 11.2. The molecule has 8 aromatic carbocycles. The highest BCUT2D eigenvalue weighted by atomic mass is 16.3. The standard InChI is InChI=1S/C62H45BN2O4/c1-36-28-43(57-34-41-16-8-11-23-53(41)68-57)29-37(2)59(36)65-49-20-13-19-48-58(49)63(61-60(65)46-35-44(62(3,4)5)25-27-54(46)69-61)47-26-24-42(56-33-40-15-7-10-22-52(40)67-56)31-50(47)64(48)45-18-12-17-38(30-45)55-32-39-14-6-9-21-51(39)66-55/h6-35H,1-5H3. The van der Waals surface area contributed by atoms with Gasteiger partial charge < -0.3 is 27.5 Å². The number of hydrogen-bond donors (Lipinski definition) is 0. The molecule has 0 spiro atoms. The molecule has 7 heteroatoms. The van der Waals surface area contributed by atoms with Crippen molar-refractivity contribution in [2.75, 3.05) is 9.80 Å².